The Bertz CT molecular complexity index is 482. The molecule has 0 spiro atoms. The number of halogens is 1. The maximum atomic E-state index is 11.6. The van der Waals surface area contributed by atoms with Crippen LogP contribution in [0.3, 0.4) is 0 Å². The quantitative estimate of drug-likeness (QED) is 0.874. The first kappa shape index (κ1) is 12.9. The first-order valence-electron chi connectivity index (χ1n) is 5.69. The summed E-state index contributed by atoms with van der Waals surface area (Å²) in [4.78, 5) is 11.6. The van der Waals surface area contributed by atoms with E-state index in [4.69, 9.17) is 22.1 Å². The number of carbonyl (C=O) groups excluding carboxylic acids is 1. The van der Waals surface area contributed by atoms with Gasteiger partial charge in [0.2, 0.25) is 0 Å². The predicted molar refractivity (Wildman–Crippen MR) is 70.4 cm³/mol. The second-order valence-corrected chi connectivity index (χ2v) is 4.70. The molecule has 5 heteroatoms. The van der Waals surface area contributed by atoms with Crippen LogP contribution < -0.4 is 15.8 Å². The largest absolute Gasteiger partial charge is 0.484 e. The first-order chi connectivity index (χ1) is 8.56. The van der Waals surface area contributed by atoms with E-state index >= 15 is 0 Å². The maximum Gasteiger partial charge on any atom is 0.262 e. The molecule has 1 unspecified atom stereocenters. The van der Waals surface area contributed by atoms with Crippen molar-refractivity contribution < 1.29 is 9.53 Å². The molecule has 1 atom stereocenters. The lowest BCUT2D eigenvalue weighted by atomic mass is 9.90. The Labute approximate surface area is 111 Å². The fraction of sp³-hybridized carbons (Fsp3) is 0.308. The second-order valence-electron chi connectivity index (χ2n) is 4.26. The molecule has 3 N–H and O–H groups in total. The number of benzene rings is 1. The molecule has 0 radical (unpaired) electrons. The molecule has 2 rings (SSSR count). The molecule has 1 aliphatic carbocycles. The van der Waals surface area contributed by atoms with Crippen LogP contribution in [0.25, 0.3) is 0 Å². The van der Waals surface area contributed by atoms with Gasteiger partial charge in [0.05, 0.1) is 0 Å². The van der Waals surface area contributed by atoms with Gasteiger partial charge in [0.25, 0.3) is 5.91 Å². The van der Waals surface area contributed by atoms with Crippen LogP contribution in [-0.2, 0) is 4.79 Å². The summed E-state index contributed by atoms with van der Waals surface area (Å²) in [5, 5.41) is 3.42. The van der Waals surface area contributed by atoms with Crippen LogP contribution in [0.2, 0.25) is 5.02 Å². The van der Waals surface area contributed by atoms with Crippen LogP contribution in [-0.4, -0.2) is 18.6 Å². The van der Waals surface area contributed by atoms with E-state index in [2.05, 4.69) is 5.32 Å². The Morgan fingerprint density at radius 2 is 2.17 bits per heavy atom. The second kappa shape index (κ2) is 5.42. The average Bonchev–Trinajstić information content (AvgIpc) is 2.37. The zero-order valence-corrected chi connectivity index (χ0v) is 10.8. The van der Waals surface area contributed by atoms with Gasteiger partial charge < -0.3 is 15.8 Å². The zero-order chi connectivity index (χ0) is 13.1. The van der Waals surface area contributed by atoms with E-state index in [1.54, 1.807) is 24.3 Å². The van der Waals surface area contributed by atoms with E-state index in [0.29, 0.717) is 10.8 Å². The van der Waals surface area contributed by atoms with Crippen molar-refractivity contribution in [2.75, 3.05) is 6.61 Å². The Morgan fingerprint density at radius 1 is 1.50 bits per heavy atom. The maximum absolute atomic E-state index is 11.6. The molecule has 0 aliphatic heterocycles. The lowest BCUT2D eigenvalue weighted by molar-refractivity contribution is -0.122. The molecule has 1 aromatic rings. The predicted octanol–water partition coefficient (Wildman–Crippen LogP) is 1.84. The monoisotopic (exact) mass is 266 g/mol. The average molecular weight is 267 g/mol. The normalized spacial score (nSPS) is 18.3. The number of ether oxygens (including phenoxy) is 1. The summed E-state index contributed by atoms with van der Waals surface area (Å²) >= 11 is 5.75. The zero-order valence-electron chi connectivity index (χ0n) is 10.1. The first-order valence-corrected chi connectivity index (χ1v) is 6.07. The third-order valence-electron chi connectivity index (χ3n) is 2.93. The Kier molecular flexibility index (Phi) is 3.89. The van der Waals surface area contributed by atoms with Gasteiger partial charge in [-0.05, 0) is 36.8 Å². The molecular weight excluding hydrogens is 252 g/mol. The number of hydrogen-bond acceptors (Lipinski definition) is 3. The molecule has 0 fully saturated rings. The number of rotatable bonds is 4. The molecule has 0 bridgehead atoms. The summed E-state index contributed by atoms with van der Waals surface area (Å²) in [6, 6.07) is 6.95. The molecule has 0 saturated carbocycles. The number of amides is 1. The lowest BCUT2D eigenvalue weighted by Gasteiger charge is -2.28. The van der Waals surface area contributed by atoms with Gasteiger partial charge in [-0.3, -0.25) is 4.79 Å². The van der Waals surface area contributed by atoms with Crippen molar-refractivity contribution in [3.8, 4) is 5.75 Å². The molecule has 0 saturated heterocycles. The highest BCUT2D eigenvalue weighted by molar-refractivity contribution is 6.30. The molecule has 0 heterocycles. The van der Waals surface area contributed by atoms with Crippen LogP contribution in [0.4, 0.5) is 0 Å². The van der Waals surface area contributed by atoms with Gasteiger partial charge in [-0.1, -0.05) is 11.6 Å². The molecule has 96 valence electrons. The summed E-state index contributed by atoms with van der Waals surface area (Å²) in [6.07, 6.45) is 0.721. The minimum Gasteiger partial charge on any atom is -0.484 e. The minimum absolute atomic E-state index is 0.0202. The van der Waals surface area contributed by atoms with Gasteiger partial charge in [0.15, 0.2) is 6.61 Å². The van der Waals surface area contributed by atoms with Crippen LogP contribution in [0, 0.1) is 0 Å². The van der Waals surface area contributed by atoms with Gasteiger partial charge in [-0.15, -0.1) is 0 Å². The summed E-state index contributed by atoms with van der Waals surface area (Å²) < 4.78 is 5.33. The van der Waals surface area contributed by atoms with E-state index in [9.17, 15) is 4.79 Å². The van der Waals surface area contributed by atoms with Gasteiger partial charge in [-0.2, -0.15) is 0 Å². The molecule has 1 amide bonds. The molecule has 1 aliphatic rings. The Balaban J connectivity index is 1.80. The molecule has 4 nitrogen and oxygen atoms in total. The van der Waals surface area contributed by atoms with Gasteiger partial charge >= 0.3 is 0 Å². The molecule has 1 aromatic carbocycles. The van der Waals surface area contributed by atoms with Crippen LogP contribution >= 0.6 is 11.6 Å². The minimum atomic E-state index is -0.175. The van der Waals surface area contributed by atoms with Crippen molar-refractivity contribution in [3.63, 3.8) is 0 Å². The Morgan fingerprint density at radius 3 is 2.72 bits per heavy atom. The van der Waals surface area contributed by atoms with Crippen molar-refractivity contribution in [2.45, 2.75) is 19.4 Å². The van der Waals surface area contributed by atoms with Crippen molar-refractivity contribution in [1.29, 1.82) is 0 Å². The number of nitrogens with two attached hydrogens (primary N) is 1. The summed E-state index contributed by atoms with van der Waals surface area (Å²) in [5.74, 6) is 0.441. The third-order valence-corrected chi connectivity index (χ3v) is 3.18. The highest BCUT2D eigenvalue weighted by Gasteiger charge is 2.23. The molecule has 18 heavy (non-hydrogen) atoms. The van der Waals surface area contributed by atoms with Crippen LogP contribution in [0.5, 0.6) is 5.75 Å². The van der Waals surface area contributed by atoms with Gasteiger partial charge in [0, 0.05) is 23.2 Å². The summed E-state index contributed by atoms with van der Waals surface area (Å²) in [5.41, 5.74) is 7.66. The smallest absolute Gasteiger partial charge is 0.262 e. The van der Waals surface area contributed by atoms with E-state index in [0.717, 1.165) is 17.7 Å². The Hall–Kier alpha value is -1.52. The van der Waals surface area contributed by atoms with Crippen LogP contribution in [0.15, 0.2) is 35.5 Å². The number of carbonyl (C=O) groups is 1. The molecular formula is C13H15ClN2O2. The van der Waals surface area contributed by atoms with Crippen molar-refractivity contribution in [3.05, 3.63) is 40.6 Å². The third kappa shape index (κ3) is 3.03. The fourth-order valence-electron chi connectivity index (χ4n) is 1.66. The lowest BCUT2D eigenvalue weighted by Crippen LogP contribution is -2.40. The van der Waals surface area contributed by atoms with E-state index in [1.165, 1.54) is 0 Å². The van der Waals surface area contributed by atoms with Crippen LogP contribution in [0.1, 0.15) is 13.3 Å². The number of hydrogen-bond donors (Lipinski definition) is 2. The van der Waals surface area contributed by atoms with Gasteiger partial charge in [0.1, 0.15) is 5.75 Å². The highest BCUT2D eigenvalue weighted by atomic mass is 35.5. The fourth-order valence-corrected chi connectivity index (χ4v) is 1.79. The van der Waals surface area contributed by atoms with Crippen molar-refractivity contribution in [1.82, 2.24) is 5.32 Å². The molecule has 0 aromatic heterocycles. The van der Waals surface area contributed by atoms with Gasteiger partial charge in [-0.25, -0.2) is 0 Å². The standard InChI is InChI=1S/C13H15ClN2O2/c1-8-11(15)6-12(8)16-13(17)7-18-10-4-2-9(14)3-5-10/h2-5,11H,6-7,15H2,1H3,(H,16,17). The highest BCUT2D eigenvalue weighted by Crippen LogP contribution is 2.23. The van der Waals surface area contributed by atoms with E-state index in [-0.39, 0.29) is 18.6 Å². The van der Waals surface area contributed by atoms with Crippen molar-refractivity contribution >= 4 is 17.5 Å². The van der Waals surface area contributed by atoms with E-state index < -0.39 is 0 Å². The SMILES string of the molecule is CC1=C(NC(=O)COc2ccc(Cl)cc2)CC1N. The number of nitrogens with one attached hydrogen (secondary N) is 1. The van der Waals surface area contributed by atoms with E-state index in [1.807, 2.05) is 6.92 Å². The summed E-state index contributed by atoms with van der Waals surface area (Å²) in [7, 11) is 0. The van der Waals surface area contributed by atoms with Crippen molar-refractivity contribution in [2.24, 2.45) is 5.73 Å². The topological polar surface area (TPSA) is 64.3 Å². The summed E-state index contributed by atoms with van der Waals surface area (Å²) in [6.45, 7) is 1.90.